The average molecular weight is 218 g/mol. The van der Waals surface area contributed by atoms with E-state index >= 15 is 0 Å². The third kappa shape index (κ3) is 2.38. The third-order valence-electron chi connectivity index (χ3n) is 1.95. The topological polar surface area (TPSA) is 78.4 Å². The lowest BCUT2D eigenvalue weighted by atomic mass is 10.2. The number of nitrogen functional groups attached to an aromatic ring is 1. The molecule has 0 spiro atoms. The van der Waals surface area contributed by atoms with Gasteiger partial charge < -0.3 is 15.0 Å². The zero-order chi connectivity index (χ0) is 11.4. The Labute approximate surface area is 91.8 Å². The lowest BCUT2D eigenvalue weighted by Crippen LogP contribution is -2.05. The van der Waals surface area contributed by atoms with E-state index in [0.29, 0.717) is 0 Å². The number of carbonyl (C=O) groups excluding carboxylic acids is 1. The Bertz CT molecular complexity index is 479. The Morgan fingerprint density at radius 1 is 1.38 bits per heavy atom. The molecule has 0 unspecified atom stereocenters. The van der Waals surface area contributed by atoms with Crippen molar-refractivity contribution in [3.63, 3.8) is 0 Å². The maximum atomic E-state index is 11.4. The number of nitrogens with zero attached hydrogens (tertiary/aromatic N) is 1. The molecule has 16 heavy (non-hydrogen) atoms. The van der Waals surface area contributed by atoms with Crippen molar-refractivity contribution in [1.82, 2.24) is 5.16 Å². The van der Waals surface area contributed by atoms with Crippen molar-refractivity contribution in [2.75, 3.05) is 5.73 Å². The monoisotopic (exact) mass is 218 g/mol. The van der Waals surface area contributed by atoms with Gasteiger partial charge in [0.25, 0.3) is 0 Å². The van der Waals surface area contributed by atoms with E-state index in [0.717, 1.165) is 5.56 Å². The first kappa shape index (κ1) is 10.2. The van der Waals surface area contributed by atoms with Gasteiger partial charge in [-0.2, -0.15) is 0 Å². The molecular weight excluding hydrogens is 208 g/mol. The Morgan fingerprint density at radius 2 is 2.12 bits per heavy atom. The number of benzene rings is 1. The van der Waals surface area contributed by atoms with Crippen LogP contribution in [0.1, 0.15) is 16.1 Å². The first-order valence-corrected chi connectivity index (χ1v) is 4.69. The molecule has 0 saturated carbocycles. The van der Waals surface area contributed by atoms with Crippen LogP contribution in [0.3, 0.4) is 0 Å². The highest BCUT2D eigenvalue weighted by molar-refractivity contribution is 5.87. The molecule has 2 N–H and O–H groups in total. The van der Waals surface area contributed by atoms with E-state index in [1.54, 1.807) is 0 Å². The van der Waals surface area contributed by atoms with E-state index in [1.165, 1.54) is 6.07 Å². The molecule has 1 heterocycles. The largest absolute Gasteiger partial charge is 0.456 e. The molecule has 0 fully saturated rings. The van der Waals surface area contributed by atoms with Gasteiger partial charge in [-0.1, -0.05) is 35.5 Å². The summed E-state index contributed by atoms with van der Waals surface area (Å²) in [6, 6.07) is 10.7. The number of nitrogens with two attached hydrogens (primary N) is 1. The van der Waals surface area contributed by atoms with Gasteiger partial charge in [-0.05, 0) is 5.56 Å². The second kappa shape index (κ2) is 4.48. The van der Waals surface area contributed by atoms with Crippen molar-refractivity contribution in [3.05, 3.63) is 47.7 Å². The Balaban J connectivity index is 1.94. The quantitative estimate of drug-likeness (QED) is 0.792. The van der Waals surface area contributed by atoms with Gasteiger partial charge in [0.2, 0.25) is 5.88 Å². The predicted molar refractivity (Wildman–Crippen MR) is 56.5 cm³/mol. The number of anilines is 1. The highest BCUT2D eigenvalue weighted by Gasteiger charge is 2.12. The van der Waals surface area contributed by atoms with Crippen LogP contribution in [-0.2, 0) is 11.3 Å². The molecule has 1 aromatic carbocycles. The molecule has 1 aromatic heterocycles. The maximum Gasteiger partial charge on any atom is 0.360 e. The molecule has 5 nitrogen and oxygen atoms in total. The SMILES string of the molecule is Nc1cc(C(=O)OCc2ccccc2)no1. The standard InChI is InChI=1S/C11H10N2O3/c12-10-6-9(13-16-10)11(14)15-7-8-4-2-1-3-5-8/h1-6H,7,12H2. The summed E-state index contributed by atoms with van der Waals surface area (Å²) < 4.78 is 9.58. The smallest absolute Gasteiger partial charge is 0.360 e. The molecular formula is C11H10N2O3. The van der Waals surface area contributed by atoms with Crippen LogP contribution in [0.4, 0.5) is 5.88 Å². The van der Waals surface area contributed by atoms with Gasteiger partial charge in [0.1, 0.15) is 6.61 Å². The van der Waals surface area contributed by atoms with Gasteiger partial charge in [0.05, 0.1) is 0 Å². The molecule has 5 heteroatoms. The summed E-state index contributed by atoms with van der Waals surface area (Å²) in [5, 5.41) is 3.45. The average Bonchev–Trinajstić information content (AvgIpc) is 2.74. The number of ether oxygens (including phenoxy) is 1. The fourth-order valence-electron chi connectivity index (χ4n) is 1.18. The van der Waals surface area contributed by atoms with Crippen LogP contribution in [0.25, 0.3) is 0 Å². The van der Waals surface area contributed by atoms with E-state index in [-0.39, 0.29) is 18.2 Å². The summed E-state index contributed by atoms with van der Waals surface area (Å²) in [6.07, 6.45) is 0. The minimum Gasteiger partial charge on any atom is -0.456 e. The normalized spacial score (nSPS) is 10.0. The molecule has 2 rings (SSSR count). The van der Waals surface area contributed by atoms with E-state index in [1.807, 2.05) is 30.3 Å². The first-order chi connectivity index (χ1) is 7.75. The van der Waals surface area contributed by atoms with Crippen molar-refractivity contribution in [3.8, 4) is 0 Å². The van der Waals surface area contributed by atoms with Gasteiger partial charge >= 0.3 is 5.97 Å². The van der Waals surface area contributed by atoms with Gasteiger partial charge in [0, 0.05) is 6.07 Å². The van der Waals surface area contributed by atoms with Crippen molar-refractivity contribution in [1.29, 1.82) is 0 Å². The summed E-state index contributed by atoms with van der Waals surface area (Å²) in [5.41, 5.74) is 6.27. The molecule has 2 aromatic rings. The summed E-state index contributed by atoms with van der Waals surface area (Å²) in [7, 11) is 0. The van der Waals surface area contributed by atoms with Crippen molar-refractivity contribution in [2.45, 2.75) is 6.61 Å². The molecule has 0 aliphatic heterocycles. The number of aromatic nitrogens is 1. The third-order valence-corrected chi connectivity index (χ3v) is 1.95. The van der Waals surface area contributed by atoms with Crippen molar-refractivity contribution in [2.24, 2.45) is 0 Å². The van der Waals surface area contributed by atoms with Crippen molar-refractivity contribution >= 4 is 11.9 Å². The maximum absolute atomic E-state index is 11.4. The number of hydrogen-bond acceptors (Lipinski definition) is 5. The van der Waals surface area contributed by atoms with Crippen LogP contribution in [0.15, 0.2) is 40.9 Å². The van der Waals surface area contributed by atoms with E-state index < -0.39 is 5.97 Å². The summed E-state index contributed by atoms with van der Waals surface area (Å²) in [6.45, 7) is 0.201. The Hall–Kier alpha value is -2.30. The van der Waals surface area contributed by atoms with Crippen LogP contribution in [0.2, 0.25) is 0 Å². The lowest BCUT2D eigenvalue weighted by molar-refractivity contribution is 0.0461. The summed E-state index contributed by atoms with van der Waals surface area (Å²) >= 11 is 0. The summed E-state index contributed by atoms with van der Waals surface area (Å²) in [5.74, 6) is -0.462. The van der Waals surface area contributed by atoms with Gasteiger partial charge in [-0.25, -0.2) is 4.79 Å². The number of hydrogen-bond donors (Lipinski definition) is 1. The Kier molecular flexibility index (Phi) is 2.86. The Morgan fingerprint density at radius 3 is 2.75 bits per heavy atom. The van der Waals surface area contributed by atoms with Crippen molar-refractivity contribution < 1.29 is 14.1 Å². The van der Waals surface area contributed by atoms with Crippen LogP contribution >= 0.6 is 0 Å². The van der Waals surface area contributed by atoms with Crippen LogP contribution < -0.4 is 5.73 Å². The fourth-order valence-corrected chi connectivity index (χ4v) is 1.18. The number of carbonyl (C=O) groups is 1. The molecule has 82 valence electrons. The van der Waals surface area contributed by atoms with Gasteiger partial charge in [-0.3, -0.25) is 0 Å². The molecule has 0 bridgehead atoms. The second-order valence-corrected chi connectivity index (χ2v) is 3.18. The van der Waals surface area contributed by atoms with Crippen LogP contribution in [-0.4, -0.2) is 11.1 Å². The highest BCUT2D eigenvalue weighted by atomic mass is 16.5. The van der Waals surface area contributed by atoms with Gasteiger partial charge in [0.15, 0.2) is 5.69 Å². The van der Waals surface area contributed by atoms with Gasteiger partial charge in [-0.15, -0.1) is 0 Å². The summed E-state index contributed by atoms with van der Waals surface area (Å²) in [4.78, 5) is 11.4. The molecule has 0 aliphatic rings. The lowest BCUT2D eigenvalue weighted by Gasteiger charge is -2.01. The molecule has 0 radical (unpaired) electrons. The van der Waals surface area contributed by atoms with Crippen LogP contribution in [0, 0.1) is 0 Å². The number of esters is 1. The second-order valence-electron chi connectivity index (χ2n) is 3.18. The fraction of sp³-hybridized carbons (Fsp3) is 0.0909. The molecule has 0 amide bonds. The molecule has 0 saturated heterocycles. The minimum absolute atomic E-state index is 0.0773. The van der Waals surface area contributed by atoms with Crippen LogP contribution in [0.5, 0.6) is 0 Å². The first-order valence-electron chi connectivity index (χ1n) is 4.69. The van der Waals surface area contributed by atoms with E-state index in [2.05, 4.69) is 9.68 Å². The molecule has 0 atom stereocenters. The molecule has 0 aliphatic carbocycles. The van der Waals surface area contributed by atoms with E-state index in [9.17, 15) is 4.79 Å². The number of rotatable bonds is 3. The zero-order valence-corrected chi connectivity index (χ0v) is 8.42. The van der Waals surface area contributed by atoms with E-state index in [4.69, 9.17) is 10.5 Å². The minimum atomic E-state index is -0.552. The zero-order valence-electron chi connectivity index (χ0n) is 8.42. The highest BCUT2D eigenvalue weighted by Crippen LogP contribution is 2.08. The predicted octanol–water partition coefficient (Wildman–Crippen LogP) is 1.61.